The number of amides is 2. The van der Waals surface area contributed by atoms with Gasteiger partial charge in [-0.3, -0.25) is 9.59 Å². The molecule has 5 nitrogen and oxygen atoms in total. The van der Waals surface area contributed by atoms with Crippen molar-refractivity contribution in [2.45, 2.75) is 16.7 Å². The standard InChI is InChI=1S/C24H24ClN3O2S/c1-17(29)27-12-14-28(15-13-27)23(30)9-7-18-6-8-21(20(25)16-18)31-22-5-3-4-19-10-11-26(2)24(19)22/h3-11,16H,12-15H2,1-2H3. The topological polar surface area (TPSA) is 45.6 Å². The maximum absolute atomic E-state index is 12.5. The van der Waals surface area contributed by atoms with E-state index in [9.17, 15) is 9.59 Å². The number of para-hydroxylation sites is 1. The van der Waals surface area contributed by atoms with E-state index < -0.39 is 0 Å². The average Bonchev–Trinajstić information content (AvgIpc) is 3.15. The van der Waals surface area contributed by atoms with Crippen LogP contribution < -0.4 is 0 Å². The molecular formula is C24H24ClN3O2S. The van der Waals surface area contributed by atoms with Crippen molar-refractivity contribution in [1.82, 2.24) is 14.4 Å². The van der Waals surface area contributed by atoms with E-state index in [0.29, 0.717) is 31.2 Å². The third-order valence-corrected chi connectivity index (χ3v) is 7.04. The van der Waals surface area contributed by atoms with Crippen LogP contribution in [0.3, 0.4) is 0 Å². The van der Waals surface area contributed by atoms with Crippen LogP contribution in [0.2, 0.25) is 5.02 Å². The fourth-order valence-corrected chi connectivity index (χ4v) is 5.08. The SMILES string of the molecule is CC(=O)N1CCN(C(=O)C=Cc2ccc(Sc3cccc4ccn(C)c34)c(Cl)c2)CC1. The van der Waals surface area contributed by atoms with Crippen LogP contribution in [0.1, 0.15) is 12.5 Å². The van der Waals surface area contributed by atoms with Gasteiger partial charge in [-0.05, 0) is 35.9 Å². The van der Waals surface area contributed by atoms with Crippen LogP contribution in [0.15, 0.2) is 64.5 Å². The Kier molecular flexibility index (Phi) is 6.39. The lowest BCUT2D eigenvalue weighted by Crippen LogP contribution is -2.49. The molecule has 0 saturated carbocycles. The van der Waals surface area contributed by atoms with Crippen molar-refractivity contribution < 1.29 is 9.59 Å². The quantitative estimate of drug-likeness (QED) is 0.538. The Hall–Kier alpha value is -2.70. The van der Waals surface area contributed by atoms with Crippen molar-refractivity contribution in [1.29, 1.82) is 0 Å². The second-order valence-corrected chi connectivity index (χ2v) is 9.07. The lowest BCUT2D eigenvalue weighted by atomic mass is 10.2. The van der Waals surface area contributed by atoms with Crippen LogP contribution in [0.25, 0.3) is 17.0 Å². The molecule has 7 heteroatoms. The Labute approximate surface area is 191 Å². The van der Waals surface area contributed by atoms with Crippen LogP contribution in [-0.2, 0) is 16.6 Å². The predicted octanol–water partition coefficient (Wildman–Crippen LogP) is 4.69. The lowest BCUT2D eigenvalue weighted by Gasteiger charge is -2.33. The van der Waals surface area contributed by atoms with Gasteiger partial charge >= 0.3 is 0 Å². The van der Waals surface area contributed by atoms with E-state index in [2.05, 4.69) is 35.0 Å². The minimum Gasteiger partial charge on any atom is -0.350 e. The summed E-state index contributed by atoms with van der Waals surface area (Å²) in [5.41, 5.74) is 2.06. The van der Waals surface area contributed by atoms with Crippen molar-refractivity contribution in [2.24, 2.45) is 7.05 Å². The number of benzene rings is 2. The normalized spacial score (nSPS) is 14.5. The molecule has 0 unspecified atom stereocenters. The zero-order valence-corrected chi connectivity index (χ0v) is 19.1. The summed E-state index contributed by atoms with van der Waals surface area (Å²) in [5, 5.41) is 1.85. The molecule has 4 rings (SSSR count). The van der Waals surface area contributed by atoms with Crippen molar-refractivity contribution in [3.8, 4) is 0 Å². The summed E-state index contributed by atoms with van der Waals surface area (Å²) in [6.45, 7) is 3.85. The van der Waals surface area contributed by atoms with Gasteiger partial charge in [-0.15, -0.1) is 0 Å². The number of nitrogens with zero attached hydrogens (tertiary/aromatic N) is 3. The molecule has 2 heterocycles. The van der Waals surface area contributed by atoms with Gasteiger partial charge in [0.2, 0.25) is 11.8 Å². The van der Waals surface area contributed by atoms with E-state index >= 15 is 0 Å². The Morgan fingerprint density at radius 1 is 1.00 bits per heavy atom. The molecule has 0 atom stereocenters. The zero-order chi connectivity index (χ0) is 22.0. The molecule has 3 aromatic rings. The van der Waals surface area contributed by atoms with Crippen LogP contribution in [0, 0.1) is 0 Å². The van der Waals surface area contributed by atoms with Gasteiger partial charge in [0, 0.05) is 67.6 Å². The highest BCUT2D eigenvalue weighted by Gasteiger charge is 2.20. The molecule has 0 spiro atoms. The molecule has 1 aliphatic rings. The van der Waals surface area contributed by atoms with Crippen LogP contribution >= 0.6 is 23.4 Å². The summed E-state index contributed by atoms with van der Waals surface area (Å²) in [7, 11) is 2.04. The number of hydrogen-bond donors (Lipinski definition) is 0. The molecule has 0 radical (unpaired) electrons. The summed E-state index contributed by atoms with van der Waals surface area (Å²) < 4.78 is 2.12. The molecule has 1 aliphatic heterocycles. The number of rotatable bonds is 4. The van der Waals surface area contributed by atoms with Gasteiger partial charge in [-0.1, -0.05) is 41.6 Å². The van der Waals surface area contributed by atoms with E-state index in [1.165, 1.54) is 10.9 Å². The van der Waals surface area contributed by atoms with Gasteiger partial charge in [0.1, 0.15) is 0 Å². The van der Waals surface area contributed by atoms with E-state index in [-0.39, 0.29) is 11.8 Å². The first-order valence-electron chi connectivity index (χ1n) is 10.2. The molecule has 1 fully saturated rings. The largest absolute Gasteiger partial charge is 0.350 e. The molecule has 0 N–H and O–H groups in total. The second-order valence-electron chi connectivity index (χ2n) is 7.58. The highest BCUT2D eigenvalue weighted by molar-refractivity contribution is 7.99. The molecule has 1 saturated heterocycles. The summed E-state index contributed by atoms with van der Waals surface area (Å²) >= 11 is 8.20. The first-order chi connectivity index (χ1) is 14.9. The van der Waals surface area contributed by atoms with Crippen molar-refractivity contribution >= 4 is 52.2 Å². The van der Waals surface area contributed by atoms with Crippen molar-refractivity contribution in [3.63, 3.8) is 0 Å². The molecule has 2 amide bonds. The number of carbonyl (C=O) groups is 2. The number of carbonyl (C=O) groups excluding carboxylic acids is 2. The highest BCUT2D eigenvalue weighted by Crippen LogP contribution is 2.37. The molecule has 0 aliphatic carbocycles. The number of piperazine rings is 1. The number of aromatic nitrogens is 1. The van der Waals surface area contributed by atoms with Crippen LogP contribution in [0.5, 0.6) is 0 Å². The van der Waals surface area contributed by atoms with E-state index in [4.69, 9.17) is 11.6 Å². The summed E-state index contributed by atoms with van der Waals surface area (Å²) in [6.07, 6.45) is 5.42. The van der Waals surface area contributed by atoms with Gasteiger partial charge in [-0.2, -0.15) is 0 Å². The second kappa shape index (κ2) is 9.20. The molecule has 160 valence electrons. The molecule has 1 aromatic heterocycles. The fourth-order valence-electron chi connectivity index (χ4n) is 3.74. The Bertz CT molecular complexity index is 1160. The minimum atomic E-state index is -0.0480. The number of hydrogen-bond acceptors (Lipinski definition) is 3. The third-order valence-electron chi connectivity index (χ3n) is 5.49. The molecule has 31 heavy (non-hydrogen) atoms. The van der Waals surface area contributed by atoms with Gasteiger partial charge in [0.05, 0.1) is 10.5 Å². The highest BCUT2D eigenvalue weighted by atomic mass is 35.5. The minimum absolute atomic E-state index is 0.0480. The van der Waals surface area contributed by atoms with E-state index in [0.717, 1.165) is 15.4 Å². The average molecular weight is 454 g/mol. The summed E-state index contributed by atoms with van der Waals surface area (Å²) in [5.74, 6) is 0.00627. The van der Waals surface area contributed by atoms with Gasteiger partial charge in [0.15, 0.2) is 0 Å². The van der Waals surface area contributed by atoms with E-state index in [1.807, 2.05) is 25.2 Å². The van der Waals surface area contributed by atoms with Gasteiger partial charge in [0.25, 0.3) is 0 Å². The maximum Gasteiger partial charge on any atom is 0.246 e. The fraction of sp³-hybridized carbons (Fsp3) is 0.250. The van der Waals surface area contributed by atoms with Gasteiger partial charge in [-0.25, -0.2) is 0 Å². The Balaban J connectivity index is 1.43. The maximum atomic E-state index is 12.5. The summed E-state index contributed by atoms with van der Waals surface area (Å²) in [6, 6.07) is 14.2. The number of halogens is 1. The van der Waals surface area contributed by atoms with Crippen molar-refractivity contribution in [3.05, 3.63) is 65.3 Å². The van der Waals surface area contributed by atoms with Crippen LogP contribution in [0.4, 0.5) is 0 Å². The van der Waals surface area contributed by atoms with Gasteiger partial charge < -0.3 is 14.4 Å². The zero-order valence-electron chi connectivity index (χ0n) is 17.5. The summed E-state index contributed by atoms with van der Waals surface area (Å²) in [4.78, 5) is 29.5. The monoisotopic (exact) mass is 453 g/mol. The molecule has 0 bridgehead atoms. The first-order valence-corrected chi connectivity index (χ1v) is 11.4. The Morgan fingerprint density at radius 3 is 2.45 bits per heavy atom. The third kappa shape index (κ3) is 4.81. The predicted molar refractivity (Wildman–Crippen MR) is 126 cm³/mol. The van der Waals surface area contributed by atoms with E-state index in [1.54, 1.807) is 40.6 Å². The lowest BCUT2D eigenvalue weighted by molar-refractivity contribution is -0.135. The number of fused-ring (bicyclic) bond motifs is 1. The smallest absolute Gasteiger partial charge is 0.246 e. The molecular weight excluding hydrogens is 430 g/mol. The Morgan fingerprint density at radius 2 is 1.74 bits per heavy atom. The first kappa shape index (κ1) is 21.5. The van der Waals surface area contributed by atoms with Crippen molar-refractivity contribution in [2.75, 3.05) is 26.2 Å². The number of aryl methyl sites for hydroxylation is 1. The molecule has 2 aromatic carbocycles. The van der Waals surface area contributed by atoms with Crippen LogP contribution in [-0.4, -0.2) is 52.4 Å².